The zero-order valence-corrected chi connectivity index (χ0v) is 11.6. The lowest BCUT2D eigenvalue weighted by atomic mass is 9.84. The fourth-order valence-corrected chi connectivity index (χ4v) is 4.22. The fraction of sp³-hybridized carbons (Fsp3) is 1.00. The van der Waals surface area contributed by atoms with Crippen LogP contribution in [0.3, 0.4) is 0 Å². The molecule has 0 aromatic heterocycles. The van der Waals surface area contributed by atoms with Gasteiger partial charge < -0.3 is 5.32 Å². The van der Waals surface area contributed by atoms with Crippen molar-refractivity contribution >= 4 is 11.8 Å². The second kappa shape index (κ2) is 6.27. The molecule has 94 valence electrons. The lowest BCUT2D eigenvalue weighted by Crippen LogP contribution is -2.48. The normalized spacial score (nSPS) is 37.5. The van der Waals surface area contributed by atoms with Gasteiger partial charge in [0.25, 0.3) is 0 Å². The largest absolute Gasteiger partial charge is 0.317 e. The third-order valence-corrected chi connectivity index (χ3v) is 5.44. The van der Waals surface area contributed by atoms with Gasteiger partial charge in [-0.2, -0.15) is 11.8 Å². The molecule has 1 saturated carbocycles. The number of thioether (sulfide) groups is 1. The summed E-state index contributed by atoms with van der Waals surface area (Å²) in [7, 11) is 2.14. The maximum Gasteiger partial charge on any atom is 0.0158 e. The van der Waals surface area contributed by atoms with Crippen molar-refractivity contribution in [2.75, 3.05) is 31.6 Å². The molecule has 1 aliphatic heterocycles. The van der Waals surface area contributed by atoms with Crippen molar-refractivity contribution in [2.24, 2.45) is 5.92 Å². The van der Waals surface area contributed by atoms with E-state index in [0.29, 0.717) is 0 Å². The summed E-state index contributed by atoms with van der Waals surface area (Å²) in [5.41, 5.74) is 0. The Morgan fingerprint density at radius 2 is 2.12 bits per heavy atom. The molecule has 3 unspecified atom stereocenters. The van der Waals surface area contributed by atoms with Gasteiger partial charge in [0.15, 0.2) is 0 Å². The van der Waals surface area contributed by atoms with E-state index in [1.165, 1.54) is 50.3 Å². The number of hydrogen-bond donors (Lipinski definition) is 1. The van der Waals surface area contributed by atoms with Gasteiger partial charge in [0.05, 0.1) is 0 Å². The third-order valence-electron chi connectivity index (χ3n) is 4.25. The van der Waals surface area contributed by atoms with Crippen molar-refractivity contribution in [3.05, 3.63) is 0 Å². The minimum atomic E-state index is 0.774. The van der Waals surface area contributed by atoms with E-state index in [0.717, 1.165) is 18.0 Å². The van der Waals surface area contributed by atoms with Gasteiger partial charge in [-0.3, -0.25) is 4.90 Å². The van der Waals surface area contributed by atoms with Crippen molar-refractivity contribution in [2.45, 2.75) is 44.7 Å². The quantitative estimate of drug-likeness (QED) is 0.817. The maximum atomic E-state index is 3.53. The van der Waals surface area contributed by atoms with Crippen LogP contribution in [-0.4, -0.2) is 48.6 Å². The van der Waals surface area contributed by atoms with Crippen molar-refractivity contribution in [3.63, 3.8) is 0 Å². The molecule has 1 aliphatic carbocycles. The number of nitrogens with zero attached hydrogens (tertiary/aromatic N) is 1. The molecule has 0 radical (unpaired) electrons. The van der Waals surface area contributed by atoms with E-state index in [9.17, 15) is 0 Å². The molecule has 0 aromatic carbocycles. The van der Waals surface area contributed by atoms with Crippen LogP contribution in [0.5, 0.6) is 0 Å². The lowest BCUT2D eigenvalue weighted by Gasteiger charge is -2.39. The van der Waals surface area contributed by atoms with E-state index in [4.69, 9.17) is 0 Å². The Kier molecular flexibility index (Phi) is 4.98. The standard InChI is InChI=1S/C13H26N2S/c1-11-10-16-8-7-15(11)9-12-5-3-4-6-13(12)14-2/h11-14H,3-10H2,1-2H3. The SMILES string of the molecule is CNC1CCCCC1CN1CCSCC1C. The molecule has 16 heavy (non-hydrogen) atoms. The summed E-state index contributed by atoms with van der Waals surface area (Å²) in [5.74, 6) is 3.56. The number of hydrogen-bond acceptors (Lipinski definition) is 3. The Labute approximate surface area is 105 Å². The first-order valence-corrected chi connectivity index (χ1v) is 7.96. The molecule has 2 nitrogen and oxygen atoms in total. The van der Waals surface area contributed by atoms with Crippen LogP contribution in [0.1, 0.15) is 32.6 Å². The van der Waals surface area contributed by atoms with Crippen LogP contribution >= 0.6 is 11.8 Å². The molecule has 2 fully saturated rings. The predicted molar refractivity (Wildman–Crippen MR) is 73.2 cm³/mol. The Morgan fingerprint density at radius 1 is 1.31 bits per heavy atom. The zero-order valence-electron chi connectivity index (χ0n) is 10.7. The molecule has 2 rings (SSSR count). The molecule has 3 atom stereocenters. The highest BCUT2D eigenvalue weighted by atomic mass is 32.2. The summed E-state index contributed by atoms with van der Waals surface area (Å²) in [4.78, 5) is 2.72. The molecule has 3 heteroatoms. The van der Waals surface area contributed by atoms with Crippen molar-refractivity contribution in [1.82, 2.24) is 10.2 Å². The van der Waals surface area contributed by atoms with Gasteiger partial charge in [0.1, 0.15) is 0 Å². The van der Waals surface area contributed by atoms with Crippen LogP contribution in [0.15, 0.2) is 0 Å². The molecular formula is C13H26N2S. The van der Waals surface area contributed by atoms with Crippen LogP contribution in [0.2, 0.25) is 0 Å². The maximum absolute atomic E-state index is 3.53. The zero-order chi connectivity index (χ0) is 11.4. The topological polar surface area (TPSA) is 15.3 Å². The number of rotatable bonds is 3. The summed E-state index contributed by atoms with van der Waals surface area (Å²) in [6.45, 7) is 5.02. The van der Waals surface area contributed by atoms with Crippen LogP contribution < -0.4 is 5.32 Å². The second-order valence-corrected chi connectivity index (χ2v) is 6.51. The summed E-state index contributed by atoms with van der Waals surface area (Å²) in [6, 6.07) is 1.56. The summed E-state index contributed by atoms with van der Waals surface area (Å²) < 4.78 is 0. The third kappa shape index (κ3) is 3.14. The summed E-state index contributed by atoms with van der Waals surface area (Å²) in [5, 5.41) is 3.53. The van der Waals surface area contributed by atoms with Crippen molar-refractivity contribution in [3.8, 4) is 0 Å². The van der Waals surface area contributed by atoms with E-state index in [-0.39, 0.29) is 0 Å². The summed E-state index contributed by atoms with van der Waals surface area (Å²) >= 11 is 2.12. The van der Waals surface area contributed by atoms with E-state index >= 15 is 0 Å². The Hall–Kier alpha value is 0.270. The fourth-order valence-electron chi connectivity index (χ4n) is 3.14. The molecule has 0 bridgehead atoms. The molecule has 0 aromatic rings. The Bertz CT molecular complexity index is 210. The molecular weight excluding hydrogens is 216 g/mol. The second-order valence-electron chi connectivity index (χ2n) is 5.36. The van der Waals surface area contributed by atoms with Gasteiger partial charge in [-0.25, -0.2) is 0 Å². The van der Waals surface area contributed by atoms with E-state index < -0.39 is 0 Å². The van der Waals surface area contributed by atoms with Crippen LogP contribution in [0.25, 0.3) is 0 Å². The number of nitrogens with one attached hydrogen (secondary N) is 1. The van der Waals surface area contributed by atoms with Crippen LogP contribution in [0, 0.1) is 5.92 Å². The average molecular weight is 242 g/mol. The van der Waals surface area contributed by atoms with Gasteiger partial charge >= 0.3 is 0 Å². The van der Waals surface area contributed by atoms with Crippen molar-refractivity contribution in [1.29, 1.82) is 0 Å². The first-order chi connectivity index (χ1) is 7.81. The Balaban J connectivity index is 1.86. The summed E-state index contributed by atoms with van der Waals surface area (Å²) in [6.07, 6.45) is 5.69. The molecule has 0 amide bonds. The Morgan fingerprint density at radius 3 is 2.88 bits per heavy atom. The average Bonchev–Trinajstić information content (AvgIpc) is 2.33. The van der Waals surface area contributed by atoms with Gasteiger partial charge in [-0.15, -0.1) is 0 Å². The lowest BCUT2D eigenvalue weighted by molar-refractivity contribution is 0.150. The predicted octanol–water partition coefficient (Wildman–Crippen LogP) is 2.20. The van der Waals surface area contributed by atoms with Crippen molar-refractivity contribution < 1.29 is 0 Å². The minimum Gasteiger partial charge on any atom is -0.317 e. The monoisotopic (exact) mass is 242 g/mol. The van der Waals surface area contributed by atoms with E-state index in [1.807, 2.05) is 0 Å². The highest BCUT2D eigenvalue weighted by Gasteiger charge is 2.28. The smallest absolute Gasteiger partial charge is 0.0158 e. The molecule has 1 heterocycles. The van der Waals surface area contributed by atoms with Gasteiger partial charge in [-0.1, -0.05) is 12.8 Å². The first kappa shape index (κ1) is 12.7. The van der Waals surface area contributed by atoms with Crippen LogP contribution in [0.4, 0.5) is 0 Å². The molecule has 0 spiro atoms. The van der Waals surface area contributed by atoms with Crippen LogP contribution in [-0.2, 0) is 0 Å². The first-order valence-electron chi connectivity index (χ1n) is 6.80. The highest BCUT2D eigenvalue weighted by molar-refractivity contribution is 7.99. The molecule has 2 aliphatic rings. The molecule has 1 saturated heterocycles. The van der Waals surface area contributed by atoms with Gasteiger partial charge in [0, 0.05) is 36.7 Å². The molecule has 1 N–H and O–H groups in total. The highest BCUT2D eigenvalue weighted by Crippen LogP contribution is 2.27. The van der Waals surface area contributed by atoms with Gasteiger partial charge in [-0.05, 0) is 32.7 Å². The minimum absolute atomic E-state index is 0.774. The van der Waals surface area contributed by atoms with Gasteiger partial charge in [0.2, 0.25) is 0 Å². The van der Waals surface area contributed by atoms with E-state index in [1.54, 1.807) is 0 Å². The van der Waals surface area contributed by atoms with E-state index in [2.05, 4.69) is 35.9 Å².